The summed E-state index contributed by atoms with van der Waals surface area (Å²) >= 11 is 0. The zero-order valence-corrected chi connectivity index (χ0v) is 13.9. The van der Waals surface area contributed by atoms with Gasteiger partial charge in [0.05, 0.1) is 0 Å². The van der Waals surface area contributed by atoms with Gasteiger partial charge in [0.25, 0.3) is 0 Å². The van der Waals surface area contributed by atoms with Crippen molar-refractivity contribution < 1.29 is 0 Å². The van der Waals surface area contributed by atoms with Gasteiger partial charge in [0.15, 0.2) is 0 Å². The topological polar surface area (TPSA) is 28.2 Å². The number of nitrogens with zero attached hydrogens (tertiary/aromatic N) is 2. The van der Waals surface area contributed by atoms with E-state index in [1.807, 2.05) is 18.5 Å². The first-order chi connectivity index (χ1) is 10.2. The molecule has 0 spiro atoms. The van der Waals surface area contributed by atoms with Crippen LogP contribution < -0.4 is 5.32 Å². The van der Waals surface area contributed by atoms with Gasteiger partial charge in [-0.05, 0) is 70.3 Å². The highest BCUT2D eigenvalue weighted by molar-refractivity contribution is 5.13. The van der Waals surface area contributed by atoms with Gasteiger partial charge >= 0.3 is 0 Å². The van der Waals surface area contributed by atoms with Crippen molar-refractivity contribution in [3.05, 3.63) is 30.1 Å². The summed E-state index contributed by atoms with van der Waals surface area (Å²) in [6.45, 7) is 10.6. The molecule has 0 amide bonds. The van der Waals surface area contributed by atoms with E-state index in [0.29, 0.717) is 6.04 Å². The molecule has 2 rings (SSSR count). The third kappa shape index (κ3) is 4.04. The first-order valence-corrected chi connectivity index (χ1v) is 8.58. The average Bonchev–Trinajstić information content (AvgIpc) is 3.06. The number of hydrogen-bond donors (Lipinski definition) is 1. The second-order valence-corrected chi connectivity index (χ2v) is 6.48. The van der Waals surface area contributed by atoms with Gasteiger partial charge in [-0.1, -0.05) is 19.9 Å². The predicted octanol–water partition coefficient (Wildman–Crippen LogP) is 3.26. The minimum absolute atomic E-state index is 0.238. The molecule has 1 N–H and O–H groups in total. The summed E-state index contributed by atoms with van der Waals surface area (Å²) in [5.41, 5.74) is 1.58. The van der Waals surface area contributed by atoms with Crippen molar-refractivity contribution in [2.45, 2.75) is 64.5 Å². The molecule has 0 radical (unpaired) electrons. The fraction of sp³-hybridized carbons (Fsp3) is 0.722. The molecule has 0 aliphatic carbocycles. The molecule has 3 heteroatoms. The maximum atomic E-state index is 4.28. The van der Waals surface area contributed by atoms with Crippen LogP contribution in [-0.4, -0.2) is 41.1 Å². The Morgan fingerprint density at radius 1 is 1.33 bits per heavy atom. The summed E-state index contributed by atoms with van der Waals surface area (Å²) in [7, 11) is 0. The van der Waals surface area contributed by atoms with Gasteiger partial charge in [-0.25, -0.2) is 0 Å². The van der Waals surface area contributed by atoms with Gasteiger partial charge in [0.2, 0.25) is 0 Å². The molecule has 2 unspecified atom stereocenters. The fourth-order valence-electron chi connectivity index (χ4n) is 3.50. The van der Waals surface area contributed by atoms with Gasteiger partial charge in [-0.15, -0.1) is 0 Å². The summed E-state index contributed by atoms with van der Waals surface area (Å²) in [5.74, 6) is 0. The Balaban J connectivity index is 2.15. The second kappa shape index (κ2) is 7.90. The van der Waals surface area contributed by atoms with Gasteiger partial charge in [0.1, 0.15) is 0 Å². The standard InChI is InChI=1S/C18H31N3/c1-4-10-20-17(14-16-9-8-11-19-15-16)18(3,5-2)21-12-6-7-13-21/h8-9,11,15,17,20H,4-7,10,12-14H2,1-3H3. The van der Waals surface area contributed by atoms with E-state index in [0.717, 1.165) is 13.0 Å². The van der Waals surface area contributed by atoms with Crippen LogP contribution in [-0.2, 0) is 6.42 Å². The zero-order valence-electron chi connectivity index (χ0n) is 13.9. The highest BCUT2D eigenvalue weighted by atomic mass is 15.2. The van der Waals surface area contributed by atoms with Crippen LogP contribution in [0.1, 0.15) is 52.0 Å². The first kappa shape index (κ1) is 16.4. The molecular formula is C18H31N3. The number of rotatable bonds is 8. The van der Waals surface area contributed by atoms with Gasteiger partial charge < -0.3 is 5.32 Å². The molecule has 3 nitrogen and oxygen atoms in total. The number of aromatic nitrogens is 1. The lowest BCUT2D eigenvalue weighted by Crippen LogP contribution is -2.59. The number of pyridine rings is 1. The largest absolute Gasteiger partial charge is 0.312 e. The van der Waals surface area contributed by atoms with Crippen LogP contribution in [0.5, 0.6) is 0 Å². The maximum Gasteiger partial charge on any atom is 0.0335 e. The number of likely N-dealkylation sites (tertiary alicyclic amines) is 1. The predicted molar refractivity (Wildman–Crippen MR) is 89.5 cm³/mol. The lowest BCUT2D eigenvalue weighted by Gasteiger charge is -2.45. The highest BCUT2D eigenvalue weighted by Gasteiger charge is 2.38. The van der Waals surface area contributed by atoms with Crippen LogP contribution in [0.3, 0.4) is 0 Å². The molecular weight excluding hydrogens is 258 g/mol. The summed E-state index contributed by atoms with van der Waals surface area (Å²) in [6.07, 6.45) is 10.0. The van der Waals surface area contributed by atoms with E-state index in [9.17, 15) is 0 Å². The highest BCUT2D eigenvalue weighted by Crippen LogP contribution is 2.29. The van der Waals surface area contributed by atoms with Crippen molar-refractivity contribution in [2.75, 3.05) is 19.6 Å². The van der Waals surface area contributed by atoms with Crippen molar-refractivity contribution in [3.8, 4) is 0 Å². The van der Waals surface area contributed by atoms with E-state index in [4.69, 9.17) is 0 Å². The van der Waals surface area contributed by atoms with Crippen LogP contribution in [0.4, 0.5) is 0 Å². The third-order valence-electron chi connectivity index (χ3n) is 5.10. The summed E-state index contributed by atoms with van der Waals surface area (Å²) < 4.78 is 0. The molecule has 0 bridgehead atoms. The smallest absolute Gasteiger partial charge is 0.0335 e. The number of hydrogen-bond acceptors (Lipinski definition) is 3. The fourth-order valence-corrected chi connectivity index (χ4v) is 3.50. The quantitative estimate of drug-likeness (QED) is 0.796. The van der Waals surface area contributed by atoms with E-state index < -0.39 is 0 Å². The Kier molecular flexibility index (Phi) is 6.19. The van der Waals surface area contributed by atoms with Crippen molar-refractivity contribution in [2.24, 2.45) is 0 Å². The molecule has 118 valence electrons. The molecule has 0 aromatic carbocycles. The average molecular weight is 289 g/mol. The lowest BCUT2D eigenvalue weighted by molar-refractivity contribution is 0.0840. The number of nitrogens with one attached hydrogen (secondary N) is 1. The summed E-state index contributed by atoms with van der Waals surface area (Å²) in [6, 6.07) is 4.74. The Morgan fingerprint density at radius 2 is 2.10 bits per heavy atom. The van der Waals surface area contributed by atoms with Gasteiger partial charge in [-0.2, -0.15) is 0 Å². The van der Waals surface area contributed by atoms with E-state index in [2.05, 4.69) is 42.0 Å². The molecule has 2 atom stereocenters. The monoisotopic (exact) mass is 289 g/mol. The second-order valence-electron chi connectivity index (χ2n) is 6.48. The summed E-state index contributed by atoms with van der Waals surface area (Å²) in [5, 5.41) is 3.82. The Labute approximate surface area is 130 Å². The van der Waals surface area contributed by atoms with E-state index in [1.54, 1.807) is 0 Å². The molecule has 1 aliphatic heterocycles. The minimum Gasteiger partial charge on any atom is -0.312 e. The van der Waals surface area contributed by atoms with Crippen molar-refractivity contribution in [3.63, 3.8) is 0 Å². The van der Waals surface area contributed by atoms with Crippen LogP contribution >= 0.6 is 0 Å². The minimum atomic E-state index is 0.238. The Hall–Kier alpha value is -0.930. The van der Waals surface area contributed by atoms with Crippen LogP contribution in [0.15, 0.2) is 24.5 Å². The Bertz CT molecular complexity index is 400. The zero-order chi connectivity index (χ0) is 15.1. The molecule has 0 saturated carbocycles. The van der Waals surface area contributed by atoms with Crippen LogP contribution in [0.2, 0.25) is 0 Å². The van der Waals surface area contributed by atoms with Crippen LogP contribution in [0, 0.1) is 0 Å². The van der Waals surface area contributed by atoms with E-state index >= 15 is 0 Å². The van der Waals surface area contributed by atoms with Crippen LogP contribution in [0.25, 0.3) is 0 Å². The maximum absolute atomic E-state index is 4.28. The van der Waals surface area contributed by atoms with Gasteiger partial charge in [-0.3, -0.25) is 9.88 Å². The third-order valence-corrected chi connectivity index (χ3v) is 5.10. The molecule has 2 heterocycles. The molecule has 1 aliphatic rings. The Morgan fingerprint density at radius 3 is 2.67 bits per heavy atom. The van der Waals surface area contributed by atoms with Gasteiger partial charge in [0, 0.05) is 24.0 Å². The van der Waals surface area contributed by atoms with E-state index in [-0.39, 0.29) is 5.54 Å². The molecule has 1 aromatic heterocycles. The normalized spacial score (nSPS) is 20.3. The molecule has 21 heavy (non-hydrogen) atoms. The lowest BCUT2D eigenvalue weighted by atomic mass is 9.83. The van der Waals surface area contributed by atoms with Crippen molar-refractivity contribution in [1.82, 2.24) is 15.2 Å². The molecule has 1 fully saturated rings. The first-order valence-electron chi connectivity index (χ1n) is 8.58. The van der Waals surface area contributed by atoms with Crippen molar-refractivity contribution in [1.29, 1.82) is 0 Å². The van der Waals surface area contributed by atoms with Crippen molar-refractivity contribution >= 4 is 0 Å². The molecule has 1 aromatic rings. The SMILES string of the molecule is CCCNC(Cc1cccnc1)C(C)(CC)N1CCCC1. The molecule has 1 saturated heterocycles. The van der Waals surface area contributed by atoms with E-state index in [1.165, 1.54) is 44.3 Å². The summed E-state index contributed by atoms with van der Waals surface area (Å²) in [4.78, 5) is 6.99.